The van der Waals surface area contributed by atoms with E-state index in [4.69, 9.17) is 14.2 Å². The Kier molecular flexibility index (Phi) is 9.13. The highest BCUT2D eigenvalue weighted by molar-refractivity contribution is 5.88. The summed E-state index contributed by atoms with van der Waals surface area (Å²) in [5.41, 5.74) is 1.60. The van der Waals surface area contributed by atoms with Gasteiger partial charge in [0.25, 0.3) is 0 Å². The maximum Gasteiger partial charge on any atom is 0.247 e. The van der Waals surface area contributed by atoms with Crippen LogP contribution in [-0.4, -0.2) is 38.2 Å². The van der Waals surface area contributed by atoms with Crippen molar-refractivity contribution in [2.45, 2.75) is 51.8 Å². The average molecular weight is 455 g/mol. The molecule has 7 heteroatoms. The van der Waals surface area contributed by atoms with Crippen molar-refractivity contribution in [2.24, 2.45) is 5.92 Å². The first-order chi connectivity index (χ1) is 16.0. The molecule has 33 heavy (non-hydrogen) atoms. The number of nitrogens with one attached hydrogen (secondary N) is 2. The zero-order chi connectivity index (χ0) is 23.6. The summed E-state index contributed by atoms with van der Waals surface area (Å²) < 4.78 is 17.0. The second kappa shape index (κ2) is 12.3. The molecule has 7 nitrogen and oxygen atoms in total. The van der Waals surface area contributed by atoms with Gasteiger partial charge in [0.2, 0.25) is 11.8 Å². The van der Waals surface area contributed by atoms with Crippen molar-refractivity contribution in [3.63, 3.8) is 0 Å². The maximum absolute atomic E-state index is 13.0. The summed E-state index contributed by atoms with van der Waals surface area (Å²) >= 11 is 0. The molecule has 0 saturated carbocycles. The topological polar surface area (TPSA) is 85.9 Å². The first kappa shape index (κ1) is 24.6. The summed E-state index contributed by atoms with van der Waals surface area (Å²) in [5, 5.41) is 5.80. The fraction of sp³-hybridized carbons (Fsp3) is 0.462. The fourth-order valence-electron chi connectivity index (χ4n) is 3.73. The second-order valence-corrected chi connectivity index (χ2v) is 8.66. The molecular formula is C26H34N2O5. The molecule has 2 unspecified atom stereocenters. The zero-order valence-electron chi connectivity index (χ0n) is 19.6. The molecule has 1 saturated heterocycles. The number of hydrogen-bond acceptors (Lipinski definition) is 5. The minimum Gasteiger partial charge on any atom is -0.493 e. The summed E-state index contributed by atoms with van der Waals surface area (Å²) in [4.78, 5) is 25.4. The highest BCUT2D eigenvalue weighted by atomic mass is 16.5. The van der Waals surface area contributed by atoms with E-state index in [2.05, 4.69) is 10.6 Å². The lowest BCUT2D eigenvalue weighted by Crippen LogP contribution is -2.40. The van der Waals surface area contributed by atoms with Gasteiger partial charge in [0, 0.05) is 19.6 Å². The number of benzene rings is 2. The lowest BCUT2D eigenvalue weighted by Gasteiger charge is -2.20. The molecule has 1 fully saturated rings. The van der Waals surface area contributed by atoms with Crippen LogP contribution < -0.4 is 20.1 Å². The van der Waals surface area contributed by atoms with E-state index >= 15 is 0 Å². The lowest BCUT2D eigenvalue weighted by atomic mass is 10.0. The molecule has 0 spiro atoms. The molecule has 2 aromatic rings. The third kappa shape index (κ3) is 7.49. The van der Waals surface area contributed by atoms with E-state index in [1.807, 2.05) is 62.4 Å². The summed E-state index contributed by atoms with van der Waals surface area (Å²) in [7, 11) is 1.59. The Labute approximate surface area is 195 Å². The number of ether oxygens (including phenoxy) is 3. The normalized spacial score (nSPS) is 16.3. The Morgan fingerprint density at radius 3 is 2.58 bits per heavy atom. The van der Waals surface area contributed by atoms with Gasteiger partial charge in [-0.1, -0.05) is 50.2 Å². The molecule has 1 aliphatic heterocycles. The lowest BCUT2D eigenvalue weighted by molar-refractivity contribution is -0.129. The first-order valence-corrected chi connectivity index (χ1v) is 11.5. The molecule has 0 radical (unpaired) electrons. The van der Waals surface area contributed by atoms with E-state index in [1.54, 1.807) is 7.11 Å². The van der Waals surface area contributed by atoms with Gasteiger partial charge in [-0.15, -0.1) is 0 Å². The first-order valence-electron chi connectivity index (χ1n) is 11.5. The maximum atomic E-state index is 13.0. The van der Waals surface area contributed by atoms with Crippen molar-refractivity contribution >= 4 is 11.8 Å². The van der Waals surface area contributed by atoms with Gasteiger partial charge in [-0.2, -0.15) is 0 Å². The largest absolute Gasteiger partial charge is 0.493 e. The van der Waals surface area contributed by atoms with Gasteiger partial charge < -0.3 is 24.8 Å². The van der Waals surface area contributed by atoms with E-state index < -0.39 is 6.04 Å². The molecule has 178 valence electrons. The standard InChI is InChI=1S/C26H34N2O5/c1-18(2)14-24(29)28-25(20-8-5-4-6-9-20)26(30)27-16-19-11-12-22(23(15-19)31-3)33-17-21-10-7-13-32-21/h4-6,8-9,11-12,15,18,21,25H,7,10,13-14,16-17H2,1-3H3,(H,27,30)(H,28,29). The Morgan fingerprint density at radius 1 is 1.12 bits per heavy atom. The molecule has 0 bridgehead atoms. The number of methoxy groups -OCH3 is 1. The van der Waals surface area contributed by atoms with Crippen LogP contribution in [0.3, 0.4) is 0 Å². The van der Waals surface area contributed by atoms with Crippen LogP contribution in [0.25, 0.3) is 0 Å². The third-order valence-corrected chi connectivity index (χ3v) is 5.44. The summed E-state index contributed by atoms with van der Waals surface area (Å²) in [6.45, 7) is 5.51. The second-order valence-electron chi connectivity index (χ2n) is 8.66. The van der Waals surface area contributed by atoms with Crippen molar-refractivity contribution in [2.75, 3.05) is 20.3 Å². The van der Waals surface area contributed by atoms with Crippen LogP contribution in [0.15, 0.2) is 48.5 Å². The van der Waals surface area contributed by atoms with Crippen LogP contribution >= 0.6 is 0 Å². The molecule has 0 aliphatic carbocycles. The predicted molar refractivity (Wildman–Crippen MR) is 126 cm³/mol. The number of amides is 2. The summed E-state index contributed by atoms with van der Waals surface area (Å²) in [6.07, 6.45) is 2.55. The van der Waals surface area contributed by atoms with Crippen molar-refractivity contribution in [3.05, 3.63) is 59.7 Å². The van der Waals surface area contributed by atoms with E-state index in [1.165, 1.54) is 0 Å². The molecule has 3 rings (SSSR count). The summed E-state index contributed by atoms with van der Waals surface area (Å²) in [5.74, 6) is 1.04. The van der Waals surface area contributed by atoms with Crippen LogP contribution in [-0.2, 0) is 20.9 Å². The highest BCUT2D eigenvalue weighted by Gasteiger charge is 2.23. The van der Waals surface area contributed by atoms with Crippen LogP contribution in [0.1, 0.15) is 50.3 Å². The Hall–Kier alpha value is -3.06. The van der Waals surface area contributed by atoms with Crippen molar-refractivity contribution < 1.29 is 23.8 Å². The van der Waals surface area contributed by atoms with Crippen molar-refractivity contribution in [3.8, 4) is 11.5 Å². The minimum absolute atomic E-state index is 0.120. The van der Waals surface area contributed by atoms with E-state index in [0.717, 1.165) is 30.6 Å². The summed E-state index contributed by atoms with van der Waals surface area (Å²) in [6, 6.07) is 14.1. The van der Waals surface area contributed by atoms with Gasteiger partial charge in [-0.05, 0) is 42.0 Å². The average Bonchev–Trinajstić information content (AvgIpc) is 3.33. The van der Waals surface area contributed by atoms with Gasteiger partial charge in [-0.3, -0.25) is 9.59 Å². The predicted octanol–water partition coefficient (Wildman–Crippen LogP) is 3.77. The molecule has 2 N–H and O–H groups in total. The number of hydrogen-bond donors (Lipinski definition) is 2. The Morgan fingerprint density at radius 2 is 1.91 bits per heavy atom. The highest BCUT2D eigenvalue weighted by Crippen LogP contribution is 2.29. The van der Waals surface area contributed by atoms with Gasteiger partial charge in [-0.25, -0.2) is 0 Å². The van der Waals surface area contributed by atoms with Crippen LogP contribution in [0.2, 0.25) is 0 Å². The van der Waals surface area contributed by atoms with E-state index in [9.17, 15) is 9.59 Å². The molecule has 1 aliphatic rings. The fourth-order valence-corrected chi connectivity index (χ4v) is 3.73. The minimum atomic E-state index is -0.756. The molecule has 0 aromatic heterocycles. The van der Waals surface area contributed by atoms with Crippen LogP contribution in [0.4, 0.5) is 0 Å². The number of rotatable bonds is 11. The molecule has 1 heterocycles. The quantitative estimate of drug-likeness (QED) is 0.540. The monoisotopic (exact) mass is 454 g/mol. The van der Waals surface area contributed by atoms with Crippen LogP contribution in [0, 0.1) is 5.92 Å². The molecular weight excluding hydrogens is 420 g/mol. The number of carbonyl (C=O) groups is 2. The zero-order valence-corrected chi connectivity index (χ0v) is 19.6. The van der Waals surface area contributed by atoms with Gasteiger partial charge in [0.1, 0.15) is 12.6 Å². The van der Waals surface area contributed by atoms with Gasteiger partial charge in [0.15, 0.2) is 11.5 Å². The van der Waals surface area contributed by atoms with Crippen LogP contribution in [0.5, 0.6) is 11.5 Å². The molecule has 2 aromatic carbocycles. The van der Waals surface area contributed by atoms with Gasteiger partial charge >= 0.3 is 0 Å². The van der Waals surface area contributed by atoms with Crippen molar-refractivity contribution in [1.82, 2.24) is 10.6 Å². The van der Waals surface area contributed by atoms with Crippen molar-refractivity contribution in [1.29, 1.82) is 0 Å². The SMILES string of the molecule is COc1cc(CNC(=O)C(NC(=O)CC(C)C)c2ccccc2)ccc1OCC1CCCO1. The smallest absolute Gasteiger partial charge is 0.247 e. The Bertz CT molecular complexity index is 910. The molecule has 2 amide bonds. The van der Waals surface area contributed by atoms with E-state index in [-0.39, 0.29) is 23.8 Å². The molecule has 2 atom stereocenters. The number of carbonyl (C=O) groups excluding carboxylic acids is 2. The third-order valence-electron chi connectivity index (χ3n) is 5.44. The van der Waals surface area contributed by atoms with E-state index in [0.29, 0.717) is 31.1 Å². The van der Waals surface area contributed by atoms with Gasteiger partial charge in [0.05, 0.1) is 13.2 Å². The Balaban J connectivity index is 1.63.